The Bertz CT molecular complexity index is 955. The second kappa shape index (κ2) is 7.97. The Hall–Kier alpha value is -2.50. The number of carbonyl (C=O) groups excluding carboxylic acids is 2. The minimum Gasteiger partial charge on any atom is -0.343 e. The van der Waals surface area contributed by atoms with Crippen LogP contribution in [-0.4, -0.2) is 57.8 Å². The molecule has 0 atom stereocenters. The van der Waals surface area contributed by atoms with Gasteiger partial charge in [-0.3, -0.25) is 9.59 Å². The molecule has 3 aliphatic rings. The van der Waals surface area contributed by atoms with E-state index in [1.807, 2.05) is 16.0 Å². The van der Waals surface area contributed by atoms with Crippen molar-refractivity contribution in [2.24, 2.45) is 5.92 Å². The van der Waals surface area contributed by atoms with Crippen LogP contribution in [0.3, 0.4) is 0 Å². The molecule has 30 heavy (non-hydrogen) atoms. The Morgan fingerprint density at radius 2 is 1.60 bits per heavy atom. The van der Waals surface area contributed by atoms with Gasteiger partial charge in [0, 0.05) is 62.2 Å². The molecule has 2 aliphatic heterocycles. The maximum absolute atomic E-state index is 12.9. The summed E-state index contributed by atoms with van der Waals surface area (Å²) >= 11 is 0. The lowest BCUT2D eigenvalue weighted by Crippen LogP contribution is -2.46. The van der Waals surface area contributed by atoms with Crippen molar-refractivity contribution in [3.63, 3.8) is 0 Å². The van der Waals surface area contributed by atoms with Gasteiger partial charge in [-0.25, -0.2) is 9.97 Å². The van der Waals surface area contributed by atoms with E-state index in [0.717, 1.165) is 55.5 Å². The van der Waals surface area contributed by atoms with Gasteiger partial charge in [0.2, 0.25) is 11.8 Å². The average Bonchev–Trinajstić information content (AvgIpc) is 3.64. The second-order valence-electron chi connectivity index (χ2n) is 9.21. The molecule has 0 aromatic carbocycles. The van der Waals surface area contributed by atoms with E-state index < -0.39 is 0 Å². The zero-order chi connectivity index (χ0) is 20.7. The van der Waals surface area contributed by atoms with Crippen LogP contribution in [0.15, 0.2) is 24.4 Å². The monoisotopic (exact) mass is 406 g/mol. The van der Waals surface area contributed by atoms with Crippen LogP contribution in [-0.2, 0) is 9.59 Å². The fourth-order valence-electron chi connectivity index (χ4n) is 5.00. The minimum atomic E-state index is 0.0702. The normalized spacial score (nSPS) is 21.2. The summed E-state index contributed by atoms with van der Waals surface area (Å²) in [7, 11) is 0. The summed E-state index contributed by atoms with van der Waals surface area (Å²) in [6, 6.07) is 6.56. The van der Waals surface area contributed by atoms with Gasteiger partial charge >= 0.3 is 0 Å². The lowest BCUT2D eigenvalue weighted by molar-refractivity contribution is -0.140. The Kier molecular flexibility index (Phi) is 5.17. The zero-order valence-corrected chi connectivity index (χ0v) is 17.7. The molecular formula is C24H30N4O2. The molecule has 0 N–H and O–H groups in total. The number of pyridine rings is 2. The Labute approximate surface area is 177 Å². The first-order valence-corrected chi connectivity index (χ1v) is 11.4. The van der Waals surface area contributed by atoms with E-state index in [0.29, 0.717) is 24.9 Å². The summed E-state index contributed by atoms with van der Waals surface area (Å²) in [5.74, 6) is 1.56. The molecule has 2 amide bonds. The summed E-state index contributed by atoms with van der Waals surface area (Å²) in [5, 5.41) is 1.13. The number of aromatic nitrogens is 2. The Balaban J connectivity index is 1.19. The first-order chi connectivity index (χ1) is 14.6. The number of nitrogens with zero attached hydrogens (tertiary/aromatic N) is 4. The lowest BCUT2D eigenvalue weighted by atomic mass is 9.90. The van der Waals surface area contributed by atoms with E-state index in [1.165, 1.54) is 18.4 Å². The third-order valence-corrected chi connectivity index (χ3v) is 7.15. The molecule has 2 aromatic rings. The van der Waals surface area contributed by atoms with Crippen molar-refractivity contribution in [3.05, 3.63) is 35.7 Å². The maximum atomic E-state index is 12.9. The lowest BCUT2D eigenvalue weighted by Gasteiger charge is -2.37. The summed E-state index contributed by atoms with van der Waals surface area (Å²) in [4.78, 5) is 37.8. The molecule has 0 unspecified atom stereocenters. The summed E-state index contributed by atoms with van der Waals surface area (Å²) in [6.45, 7) is 4.61. The molecule has 6 heteroatoms. The molecule has 6 nitrogen and oxygen atoms in total. The van der Waals surface area contributed by atoms with Gasteiger partial charge in [0.15, 0.2) is 5.65 Å². The number of piperidine rings is 2. The second-order valence-corrected chi connectivity index (χ2v) is 9.21. The van der Waals surface area contributed by atoms with Crippen LogP contribution >= 0.6 is 0 Å². The number of amides is 2. The van der Waals surface area contributed by atoms with E-state index in [4.69, 9.17) is 4.98 Å². The minimum absolute atomic E-state index is 0.0702. The number of fused-ring (bicyclic) bond motifs is 1. The van der Waals surface area contributed by atoms with E-state index >= 15 is 0 Å². The van der Waals surface area contributed by atoms with Crippen molar-refractivity contribution in [3.8, 4) is 0 Å². The molecule has 3 fully saturated rings. The van der Waals surface area contributed by atoms with E-state index in [1.54, 1.807) is 6.92 Å². The molecule has 1 saturated carbocycles. The number of likely N-dealkylation sites (tertiary alicyclic amines) is 2. The van der Waals surface area contributed by atoms with Crippen molar-refractivity contribution in [2.75, 3.05) is 26.2 Å². The van der Waals surface area contributed by atoms with Crippen molar-refractivity contribution >= 4 is 22.8 Å². The summed E-state index contributed by atoms with van der Waals surface area (Å²) in [6.07, 6.45) is 8.05. The fourth-order valence-corrected chi connectivity index (χ4v) is 5.00. The highest BCUT2D eigenvalue weighted by Gasteiger charge is 2.32. The van der Waals surface area contributed by atoms with Crippen LogP contribution in [0.5, 0.6) is 0 Å². The van der Waals surface area contributed by atoms with Gasteiger partial charge in [0.05, 0.1) is 0 Å². The summed E-state index contributed by atoms with van der Waals surface area (Å²) in [5.41, 5.74) is 3.29. The molecule has 5 rings (SSSR count). The van der Waals surface area contributed by atoms with Gasteiger partial charge in [0.1, 0.15) is 0 Å². The van der Waals surface area contributed by atoms with E-state index in [2.05, 4.69) is 23.2 Å². The van der Waals surface area contributed by atoms with Crippen molar-refractivity contribution in [2.45, 2.75) is 57.3 Å². The summed E-state index contributed by atoms with van der Waals surface area (Å²) < 4.78 is 0. The standard InChI is InChI=1S/C24H30N4O2/c1-16(29)27-10-8-19(9-11-27)24(30)28-12-6-18(7-13-28)22-5-4-20-14-21(17-2-3-17)15-25-23(20)26-22/h4-5,14-15,17-19H,2-3,6-13H2,1H3. The molecule has 2 saturated heterocycles. The topological polar surface area (TPSA) is 66.4 Å². The fraction of sp³-hybridized carbons (Fsp3) is 0.583. The predicted octanol–water partition coefficient (Wildman–Crippen LogP) is 3.47. The third kappa shape index (κ3) is 3.92. The van der Waals surface area contributed by atoms with Crippen LogP contribution < -0.4 is 0 Å². The number of hydrogen-bond donors (Lipinski definition) is 0. The predicted molar refractivity (Wildman–Crippen MR) is 115 cm³/mol. The Morgan fingerprint density at radius 3 is 2.27 bits per heavy atom. The first-order valence-electron chi connectivity index (χ1n) is 11.4. The van der Waals surface area contributed by atoms with Crippen LogP contribution in [0.2, 0.25) is 0 Å². The molecular weight excluding hydrogens is 376 g/mol. The first kappa shape index (κ1) is 19.5. The molecule has 2 aromatic heterocycles. The van der Waals surface area contributed by atoms with E-state index in [9.17, 15) is 9.59 Å². The van der Waals surface area contributed by atoms with Gasteiger partial charge < -0.3 is 9.80 Å². The van der Waals surface area contributed by atoms with Crippen LogP contribution in [0, 0.1) is 5.92 Å². The average molecular weight is 407 g/mol. The van der Waals surface area contributed by atoms with Gasteiger partial charge in [-0.15, -0.1) is 0 Å². The van der Waals surface area contributed by atoms with Crippen molar-refractivity contribution in [1.29, 1.82) is 0 Å². The van der Waals surface area contributed by atoms with Gasteiger partial charge in [-0.2, -0.15) is 0 Å². The smallest absolute Gasteiger partial charge is 0.225 e. The SMILES string of the molecule is CC(=O)N1CCC(C(=O)N2CCC(c3ccc4cc(C5CC5)cnc4n3)CC2)CC1. The molecule has 4 heterocycles. The van der Waals surface area contributed by atoms with Gasteiger partial charge in [-0.05, 0) is 68.2 Å². The highest BCUT2D eigenvalue weighted by Crippen LogP contribution is 2.40. The van der Waals surface area contributed by atoms with Crippen LogP contribution in [0.25, 0.3) is 11.0 Å². The quantitative estimate of drug-likeness (QED) is 0.783. The van der Waals surface area contributed by atoms with Crippen molar-refractivity contribution < 1.29 is 9.59 Å². The van der Waals surface area contributed by atoms with Crippen molar-refractivity contribution in [1.82, 2.24) is 19.8 Å². The number of hydrogen-bond acceptors (Lipinski definition) is 4. The third-order valence-electron chi connectivity index (χ3n) is 7.15. The molecule has 0 radical (unpaired) electrons. The molecule has 158 valence electrons. The molecule has 0 bridgehead atoms. The van der Waals surface area contributed by atoms with E-state index in [-0.39, 0.29) is 17.7 Å². The van der Waals surface area contributed by atoms with Crippen LogP contribution in [0.4, 0.5) is 0 Å². The maximum Gasteiger partial charge on any atom is 0.225 e. The molecule has 0 spiro atoms. The molecule has 1 aliphatic carbocycles. The number of carbonyl (C=O) groups is 2. The highest BCUT2D eigenvalue weighted by molar-refractivity contribution is 5.80. The van der Waals surface area contributed by atoms with Gasteiger partial charge in [-0.1, -0.05) is 0 Å². The Morgan fingerprint density at radius 1 is 0.900 bits per heavy atom. The van der Waals surface area contributed by atoms with Gasteiger partial charge in [0.25, 0.3) is 0 Å². The van der Waals surface area contributed by atoms with Crippen LogP contribution in [0.1, 0.15) is 68.5 Å². The largest absolute Gasteiger partial charge is 0.343 e. The number of rotatable bonds is 3. The highest BCUT2D eigenvalue weighted by atomic mass is 16.2. The zero-order valence-electron chi connectivity index (χ0n) is 17.7.